The van der Waals surface area contributed by atoms with E-state index in [1.165, 1.54) is 38.4 Å². The van der Waals surface area contributed by atoms with Gasteiger partial charge in [-0.05, 0) is 37.1 Å². The zero-order chi connectivity index (χ0) is 20.5. The van der Waals surface area contributed by atoms with Crippen molar-refractivity contribution in [3.8, 4) is 0 Å². The van der Waals surface area contributed by atoms with Crippen LogP contribution < -0.4 is 5.32 Å². The van der Waals surface area contributed by atoms with Gasteiger partial charge in [0.25, 0.3) is 0 Å². The summed E-state index contributed by atoms with van der Waals surface area (Å²) < 4.78 is 25.2. The van der Waals surface area contributed by atoms with Gasteiger partial charge in [-0.3, -0.25) is 19.3 Å². The summed E-state index contributed by atoms with van der Waals surface area (Å²) in [5.74, 6) is -1.02. The van der Waals surface area contributed by atoms with Crippen molar-refractivity contribution < 1.29 is 22.8 Å². The number of sulfonamides is 1. The number of nitrogens with zero attached hydrogens (tertiary/aromatic N) is 2. The van der Waals surface area contributed by atoms with Crippen LogP contribution in [-0.2, 0) is 24.4 Å². The molecule has 1 spiro atoms. The average molecular weight is 407 g/mol. The van der Waals surface area contributed by atoms with Crippen LogP contribution >= 0.6 is 0 Å². The second-order valence-electron chi connectivity index (χ2n) is 7.66. The van der Waals surface area contributed by atoms with Crippen LogP contribution in [0.3, 0.4) is 0 Å². The highest BCUT2D eigenvalue weighted by molar-refractivity contribution is 7.89. The number of imide groups is 1. The van der Waals surface area contributed by atoms with E-state index in [0.29, 0.717) is 18.5 Å². The lowest BCUT2D eigenvalue weighted by Crippen LogP contribution is -2.41. The van der Waals surface area contributed by atoms with Crippen LogP contribution in [0.15, 0.2) is 29.2 Å². The molecular formula is C19H25N3O5S. The van der Waals surface area contributed by atoms with Gasteiger partial charge in [-0.25, -0.2) is 12.7 Å². The molecule has 1 N–H and O–H groups in total. The highest BCUT2D eigenvalue weighted by Gasteiger charge is 2.51. The molecule has 2 aliphatic rings. The first-order chi connectivity index (χ1) is 13.2. The molecule has 3 rings (SSSR count). The van der Waals surface area contributed by atoms with Gasteiger partial charge in [0.15, 0.2) is 0 Å². The molecule has 3 amide bonds. The third-order valence-corrected chi connectivity index (χ3v) is 7.35. The van der Waals surface area contributed by atoms with Gasteiger partial charge in [0.1, 0.15) is 6.54 Å². The van der Waals surface area contributed by atoms with Gasteiger partial charge in [-0.2, -0.15) is 0 Å². The van der Waals surface area contributed by atoms with Gasteiger partial charge in [0.05, 0.1) is 10.3 Å². The summed E-state index contributed by atoms with van der Waals surface area (Å²) in [6, 6.07) is 5.75. The minimum Gasteiger partial charge on any atom is -0.325 e. The molecule has 2 fully saturated rings. The normalized spacial score (nSPS) is 19.5. The molecule has 1 saturated heterocycles. The molecular weight excluding hydrogens is 382 g/mol. The van der Waals surface area contributed by atoms with Crippen molar-refractivity contribution in [2.75, 3.05) is 26.0 Å². The van der Waals surface area contributed by atoms with E-state index >= 15 is 0 Å². The van der Waals surface area contributed by atoms with Crippen molar-refractivity contribution in [3.05, 3.63) is 24.3 Å². The highest BCUT2D eigenvalue weighted by atomic mass is 32.2. The van der Waals surface area contributed by atoms with Crippen molar-refractivity contribution in [1.29, 1.82) is 0 Å². The number of benzene rings is 1. The Morgan fingerprint density at radius 2 is 1.71 bits per heavy atom. The first-order valence-electron chi connectivity index (χ1n) is 9.33. The summed E-state index contributed by atoms with van der Waals surface area (Å²) in [5.41, 5.74) is -0.216. The SMILES string of the molecule is CN(C)S(=O)(=O)c1ccc(NC(=O)CN2C(=O)CC3(CCCCC3)C2=O)cc1. The Morgan fingerprint density at radius 3 is 2.29 bits per heavy atom. The van der Waals surface area contributed by atoms with Crippen LogP contribution in [0.2, 0.25) is 0 Å². The quantitative estimate of drug-likeness (QED) is 0.747. The molecule has 1 saturated carbocycles. The Morgan fingerprint density at radius 1 is 1.11 bits per heavy atom. The third kappa shape index (κ3) is 3.81. The van der Waals surface area contributed by atoms with Gasteiger partial charge < -0.3 is 5.32 Å². The Kier molecular flexibility index (Phi) is 5.58. The smallest absolute Gasteiger partial charge is 0.244 e. The summed E-state index contributed by atoms with van der Waals surface area (Å²) in [6.07, 6.45) is 4.54. The molecule has 1 aromatic rings. The van der Waals surface area contributed by atoms with E-state index < -0.39 is 21.3 Å². The number of rotatable bonds is 5. The predicted molar refractivity (Wildman–Crippen MR) is 103 cm³/mol. The first kappa shape index (κ1) is 20.5. The Balaban J connectivity index is 1.64. The van der Waals surface area contributed by atoms with Crippen LogP contribution in [0.25, 0.3) is 0 Å². The number of anilines is 1. The number of amides is 3. The van der Waals surface area contributed by atoms with Crippen LogP contribution in [0.4, 0.5) is 5.69 Å². The summed E-state index contributed by atoms with van der Waals surface area (Å²) in [6.45, 7) is -0.322. The molecule has 1 heterocycles. The topological polar surface area (TPSA) is 104 Å². The molecule has 152 valence electrons. The lowest BCUT2D eigenvalue weighted by molar-refractivity contribution is -0.144. The van der Waals surface area contributed by atoms with Crippen molar-refractivity contribution in [3.63, 3.8) is 0 Å². The van der Waals surface area contributed by atoms with Gasteiger partial charge >= 0.3 is 0 Å². The summed E-state index contributed by atoms with van der Waals surface area (Å²) in [4.78, 5) is 38.6. The maximum atomic E-state index is 12.8. The fraction of sp³-hybridized carbons (Fsp3) is 0.526. The number of hydrogen-bond acceptors (Lipinski definition) is 5. The van der Waals surface area contributed by atoms with Crippen LogP contribution in [0, 0.1) is 5.41 Å². The molecule has 28 heavy (non-hydrogen) atoms. The number of likely N-dealkylation sites (tertiary alicyclic amines) is 1. The van der Waals surface area contributed by atoms with Gasteiger partial charge in [0.2, 0.25) is 27.7 Å². The van der Waals surface area contributed by atoms with Crippen LogP contribution in [0.5, 0.6) is 0 Å². The van der Waals surface area contributed by atoms with E-state index in [-0.39, 0.29) is 29.7 Å². The highest BCUT2D eigenvalue weighted by Crippen LogP contribution is 2.45. The maximum Gasteiger partial charge on any atom is 0.244 e. The standard InChI is InChI=1S/C19H25N3O5S/c1-21(2)28(26,27)15-8-6-14(7-9-15)20-16(23)13-22-17(24)12-19(18(22)25)10-4-3-5-11-19/h6-9H,3-5,10-13H2,1-2H3,(H,20,23). The Labute approximate surface area is 164 Å². The van der Waals surface area contributed by atoms with E-state index in [1.807, 2.05) is 0 Å². The van der Waals surface area contributed by atoms with Crippen LogP contribution in [0.1, 0.15) is 38.5 Å². The number of hydrogen-bond donors (Lipinski definition) is 1. The second kappa shape index (κ2) is 7.63. The number of nitrogens with one attached hydrogen (secondary N) is 1. The first-order valence-corrected chi connectivity index (χ1v) is 10.8. The summed E-state index contributed by atoms with van der Waals surface area (Å²) in [5, 5.41) is 2.62. The van der Waals surface area contributed by atoms with Gasteiger partial charge in [0, 0.05) is 26.2 Å². The molecule has 8 nitrogen and oxygen atoms in total. The number of carbonyl (C=O) groups excluding carboxylic acids is 3. The largest absolute Gasteiger partial charge is 0.325 e. The monoisotopic (exact) mass is 407 g/mol. The lowest BCUT2D eigenvalue weighted by Gasteiger charge is -2.30. The van der Waals surface area contributed by atoms with Crippen molar-refractivity contribution >= 4 is 33.4 Å². The molecule has 0 bridgehead atoms. The molecule has 0 unspecified atom stereocenters. The van der Waals surface area contributed by atoms with E-state index in [4.69, 9.17) is 0 Å². The molecule has 0 atom stereocenters. The van der Waals surface area contributed by atoms with E-state index in [0.717, 1.165) is 28.5 Å². The minimum atomic E-state index is -3.55. The zero-order valence-electron chi connectivity index (χ0n) is 16.1. The third-order valence-electron chi connectivity index (χ3n) is 5.52. The summed E-state index contributed by atoms with van der Waals surface area (Å²) >= 11 is 0. The van der Waals surface area contributed by atoms with Crippen LogP contribution in [-0.4, -0.2) is 56.0 Å². The predicted octanol–water partition coefficient (Wildman–Crippen LogP) is 1.58. The van der Waals surface area contributed by atoms with E-state index in [1.54, 1.807) is 0 Å². The average Bonchev–Trinajstić information content (AvgIpc) is 2.86. The maximum absolute atomic E-state index is 12.8. The fourth-order valence-electron chi connectivity index (χ4n) is 3.90. The molecule has 0 radical (unpaired) electrons. The molecule has 1 aliphatic heterocycles. The zero-order valence-corrected chi connectivity index (χ0v) is 16.9. The Hall–Kier alpha value is -2.26. The fourth-order valence-corrected chi connectivity index (χ4v) is 4.81. The number of carbonyl (C=O) groups is 3. The molecule has 0 aromatic heterocycles. The van der Waals surface area contributed by atoms with Crippen molar-refractivity contribution in [2.24, 2.45) is 5.41 Å². The van der Waals surface area contributed by atoms with Gasteiger partial charge in [-0.1, -0.05) is 19.3 Å². The minimum absolute atomic E-state index is 0.111. The summed E-state index contributed by atoms with van der Waals surface area (Å²) in [7, 11) is -0.671. The van der Waals surface area contributed by atoms with E-state index in [9.17, 15) is 22.8 Å². The van der Waals surface area contributed by atoms with Crippen molar-refractivity contribution in [1.82, 2.24) is 9.21 Å². The van der Waals surface area contributed by atoms with Gasteiger partial charge in [-0.15, -0.1) is 0 Å². The van der Waals surface area contributed by atoms with E-state index in [2.05, 4.69) is 5.32 Å². The van der Waals surface area contributed by atoms with Crippen molar-refractivity contribution in [2.45, 2.75) is 43.4 Å². The Bertz CT molecular complexity index is 887. The lowest BCUT2D eigenvalue weighted by atomic mass is 9.73. The molecule has 9 heteroatoms. The second-order valence-corrected chi connectivity index (χ2v) is 9.81. The molecule has 1 aliphatic carbocycles. The molecule has 1 aromatic carbocycles.